The quantitative estimate of drug-likeness (QED) is 0.666. The third-order valence-corrected chi connectivity index (χ3v) is 7.54. The smallest absolute Gasteiger partial charge is 0.227 e. The van der Waals surface area contributed by atoms with E-state index < -0.39 is 0 Å². The number of thiophene rings is 1. The van der Waals surface area contributed by atoms with Crippen LogP contribution in [0.2, 0.25) is 0 Å². The SMILES string of the molecule is CCN(CC)C(=O)C[C@@H]1CC2(CCN(C(=O)Cc3ccsc3)CC2)Oc2ccccc21. The van der Waals surface area contributed by atoms with Crippen LogP contribution in [0.3, 0.4) is 0 Å². The van der Waals surface area contributed by atoms with Crippen LogP contribution < -0.4 is 4.74 Å². The second-order valence-electron chi connectivity index (χ2n) is 8.68. The van der Waals surface area contributed by atoms with Crippen LogP contribution in [0.25, 0.3) is 0 Å². The Morgan fingerprint density at radius 1 is 1.16 bits per heavy atom. The summed E-state index contributed by atoms with van der Waals surface area (Å²) in [6.07, 6.45) is 3.45. The molecule has 1 spiro atoms. The molecule has 1 aromatic carbocycles. The Labute approximate surface area is 189 Å². The third-order valence-electron chi connectivity index (χ3n) is 6.80. The van der Waals surface area contributed by atoms with Gasteiger partial charge in [-0.1, -0.05) is 18.2 Å². The van der Waals surface area contributed by atoms with Crippen molar-refractivity contribution in [2.24, 2.45) is 0 Å². The van der Waals surface area contributed by atoms with Crippen molar-refractivity contribution in [1.82, 2.24) is 9.80 Å². The van der Waals surface area contributed by atoms with Gasteiger partial charge in [0.25, 0.3) is 0 Å². The highest BCUT2D eigenvalue weighted by molar-refractivity contribution is 7.08. The van der Waals surface area contributed by atoms with E-state index >= 15 is 0 Å². The lowest BCUT2D eigenvalue weighted by molar-refractivity contribution is -0.134. The lowest BCUT2D eigenvalue weighted by Crippen LogP contribution is -2.52. The lowest BCUT2D eigenvalue weighted by Gasteiger charge is -2.47. The first kappa shape index (κ1) is 21.9. The predicted octanol–water partition coefficient (Wildman–Crippen LogP) is 4.48. The van der Waals surface area contributed by atoms with E-state index in [-0.39, 0.29) is 23.3 Å². The zero-order valence-corrected chi connectivity index (χ0v) is 19.3. The standard InChI is InChI=1S/C25H32N2O3S/c1-3-26(4-2)24(29)16-20-17-25(30-22-8-6-5-7-21(20)22)10-12-27(13-11-25)23(28)15-19-9-14-31-18-19/h5-9,14,18,20H,3-4,10-13,15-17H2,1-2H3/t20-/m1/s1. The number of para-hydroxylation sites is 1. The highest BCUT2D eigenvalue weighted by Gasteiger charge is 2.44. The van der Waals surface area contributed by atoms with Gasteiger partial charge in [0.2, 0.25) is 11.8 Å². The molecule has 1 aromatic heterocycles. The van der Waals surface area contributed by atoms with E-state index in [1.807, 2.05) is 58.7 Å². The first-order chi connectivity index (χ1) is 15.0. The molecule has 1 atom stereocenters. The van der Waals surface area contributed by atoms with Gasteiger partial charge in [0.15, 0.2) is 0 Å². The van der Waals surface area contributed by atoms with E-state index in [2.05, 4.69) is 6.07 Å². The van der Waals surface area contributed by atoms with E-state index in [4.69, 9.17) is 4.74 Å². The fraction of sp³-hybridized carbons (Fsp3) is 0.520. The normalized spacial score (nSPS) is 19.5. The van der Waals surface area contributed by atoms with Gasteiger partial charge in [0, 0.05) is 51.4 Å². The lowest BCUT2D eigenvalue weighted by atomic mass is 9.76. The number of ether oxygens (including phenoxy) is 1. The molecule has 0 aliphatic carbocycles. The second kappa shape index (κ2) is 9.43. The number of nitrogens with zero attached hydrogens (tertiary/aromatic N) is 2. The van der Waals surface area contributed by atoms with E-state index in [1.165, 1.54) is 0 Å². The number of amides is 2. The van der Waals surface area contributed by atoms with E-state index in [0.29, 0.717) is 25.9 Å². The van der Waals surface area contributed by atoms with Gasteiger partial charge < -0.3 is 14.5 Å². The van der Waals surface area contributed by atoms with E-state index in [0.717, 1.165) is 49.2 Å². The Kier molecular flexibility index (Phi) is 6.65. The third kappa shape index (κ3) is 4.79. The first-order valence-electron chi connectivity index (χ1n) is 11.4. The highest BCUT2D eigenvalue weighted by atomic mass is 32.1. The van der Waals surface area contributed by atoms with Gasteiger partial charge >= 0.3 is 0 Å². The Bertz CT molecular complexity index is 899. The number of benzene rings is 1. The fourth-order valence-corrected chi connectivity index (χ4v) is 5.66. The van der Waals surface area contributed by atoms with Crippen molar-refractivity contribution in [2.75, 3.05) is 26.2 Å². The Balaban J connectivity index is 1.46. The monoisotopic (exact) mass is 440 g/mol. The molecule has 1 fully saturated rings. The van der Waals surface area contributed by atoms with Gasteiger partial charge in [-0.15, -0.1) is 0 Å². The zero-order chi connectivity index (χ0) is 21.8. The molecule has 1 saturated heterocycles. The van der Waals surface area contributed by atoms with Gasteiger partial charge in [0.1, 0.15) is 11.4 Å². The summed E-state index contributed by atoms with van der Waals surface area (Å²) in [5, 5.41) is 4.06. The number of likely N-dealkylation sites (tertiary alicyclic amines) is 1. The number of carbonyl (C=O) groups is 2. The zero-order valence-electron chi connectivity index (χ0n) is 18.5. The molecule has 0 radical (unpaired) electrons. The van der Waals surface area contributed by atoms with Crippen LogP contribution in [0.5, 0.6) is 5.75 Å². The summed E-state index contributed by atoms with van der Waals surface area (Å²) in [6.45, 7) is 6.97. The molecular weight excluding hydrogens is 408 g/mol. The minimum Gasteiger partial charge on any atom is -0.487 e. The molecule has 6 heteroatoms. The van der Waals surface area contributed by atoms with Crippen LogP contribution in [0, 0.1) is 0 Å². The fourth-order valence-electron chi connectivity index (χ4n) is 4.99. The van der Waals surface area contributed by atoms with Crippen LogP contribution >= 0.6 is 11.3 Å². The molecule has 0 N–H and O–H groups in total. The predicted molar refractivity (Wildman–Crippen MR) is 124 cm³/mol. The van der Waals surface area contributed by atoms with Crippen molar-refractivity contribution in [3.8, 4) is 5.75 Å². The number of piperidine rings is 1. The molecule has 2 amide bonds. The van der Waals surface area contributed by atoms with Crippen molar-refractivity contribution in [1.29, 1.82) is 0 Å². The van der Waals surface area contributed by atoms with Crippen LogP contribution in [-0.4, -0.2) is 53.4 Å². The first-order valence-corrected chi connectivity index (χ1v) is 12.3. The molecule has 2 aliphatic rings. The maximum atomic E-state index is 12.9. The molecule has 2 aromatic rings. The maximum Gasteiger partial charge on any atom is 0.227 e. The van der Waals surface area contributed by atoms with Gasteiger partial charge in [-0.2, -0.15) is 11.3 Å². The summed E-state index contributed by atoms with van der Waals surface area (Å²) in [5.74, 6) is 1.47. The van der Waals surface area contributed by atoms with Crippen molar-refractivity contribution >= 4 is 23.2 Å². The molecule has 0 bridgehead atoms. The van der Waals surface area contributed by atoms with Gasteiger partial charge in [-0.25, -0.2) is 0 Å². The summed E-state index contributed by atoms with van der Waals surface area (Å²) < 4.78 is 6.56. The molecule has 166 valence electrons. The van der Waals surface area contributed by atoms with Gasteiger partial charge in [-0.05, 0) is 54.3 Å². The molecule has 0 unspecified atom stereocenters. The average Bonchev–Trinajstić information content (AvgIpc) is 3.28. The molecule has 2 aliphatic heterocycles. The largest absolute Gasteiger partial charge is 0.487 e. The Hall–Kier alpha value is -2.34. The molecule has 5 nitrogen and oxygen atoms in total. The number of hydrogen-bond donors (Lipinski definition) is 0. The highest BCUT2D eigenvalue weighted by Crippen LogP contribution is 2.46. The number of carbonyl (C=O) groups excluding carboxylic acids is 2. The Morgan fingerprint density at radius 3 is 2.58 bits per heavy atom. The molecule has 4 rings (SSSR count). The number of fused-ring (bicyclic) bond motifs is 1. The minimum atomic E-state index is -0.290. The summed E-state index contributed by atoms with van der Waals surface area (Å²) in [7, 11) is 0. The molecular formula is C25H32N2O3S. The van der Waals surface area contributed by atoms with Crippen molar-refractivity contribution in [3.63, 3.8) is 0 Å². The summed E-state index contributed by atoms with van der Waals surface area (Å²) in [5.41, 5.74) is 1.94. The summed E-state index contributed by atoms with van der Waals surface area (Å²) in [6, 6.07) is 10.2. The van der Waals surface area contributed by atoms with Crippen LogP contribution in [0.1, 0.15) is 56.6 Å². The molecule has 3 heterocycles. The van der Waals surface area contributed by atoms with E-state index in [1.54, 1.807) is 11.3 Å². The minimum absolute atomic E-state index is 0.158. The molecule has 31 heavy (non-hydrogen) atoms. The van der Waals surface area contributed by atoms with E-state index in [9.17, 15) is 9.59 Å². The average molecular weight is 441 g/mol. The number of rotatable bonds is 6. The Morgan fingerprint density at radius 2 is 1.90 bits per heavy atom. The summed E-state index contributed by atoms with van der Waals surface area (Å²) in [4.78, 5) is 29.5. The van der Waals surface area contributed by atoms with Crippen LogP contribution in [0.15, 0.2) is 41.1 Å². The van der Waals surface area contributed by atoms with Crippen molar-refractivity contribution in [2.45, 2.75) is 57.5 Å². The van der Waals surface area contributed by atoms with Crippen molar-refractivity contribution in [3.05, 3.63) is 52.2 Å². The van der Waals surface area contributed by atoms with Crippen molar-refractivity contribution < 1.29 is 14.3 Å². The topological polar surface area (TPSA) is 49.9 Å². The maximum absolute atomic E-state index is 12.9. The van der Waals surface area contributed by atoms with Gasteiger partial charge in [-0.3, -0.25) is 9.59 Å². The van der Waals surface area contributed by atoms with Crippen LogP contribution in [-0.2, 0) is 16.0 Å². The second-order valence-corrected chi connectivity index (χ2v) is 9.46. The van der Waals surface area contributed by atoms with Gasteiger partial charge in [0.05, 0.1) is 6.42 Å². The number of hydrogen-bond acceptors (Lipinski definition) is 4. The molecule has 0 saturated carbocycles. The summed E-state index contributed by atoms with van der Waals surface area (Å²) >= 11 is 1.63. The van der Waals surface area contributed by atoms with Crippen LogP contribution in [0.4, 0.5) is 0 Å².